The lowest BCUT2D eigenvalue weighted by molar-refractivity contribution is 0.103. The highest BCUT2D eigenvalue weighted by molar-refractivity contribution is 7.14. The zero-order valence-electron chi connectivity index (χ0n) is 9.45. The highest BCUT2D eigenvalue weighted by atomic mass is 35.5. The third kappa shape index (κ3) is 2.84. The number of aryl methyl sites for hydroxylation is 2. The van der Waals surface area contributed by atoms with E-state index in [9.17, 15) is 4.79 Å². The fourth-order valence-corrected chi connectivity index (χ4v) is 2.46. The van der Waals surface area contributed by atoms with E-state index in [1.165, 1.54) is 11.3 Å². The van der Waals surface area contributed by atoms with E-state index in [4.69, 9.17) is 11.6 Å². The average Bonchev–Trinajstić information content (AvgIpc) is 2.59. The summed E-state index contributed by atoms with van der Waals surface area (Å²) in [6, 6.07) is 7.16. The van der Waals surface area contributed by atoms with Gasteiger partial charge in [-0.3, -0.25) is 4.79 Å². The number of amides is 1. The van der Waals surface area contributed by atoms with Crippen LogP contribution in [0.25, 0.3) is 0 Å². The Kier molecular flexibility index (Phi) is 3.45. The van der Waals surface area contributed by atoms with Gasteiger partial charge >= 0.3 is 0 Å². The number of rotatable bonds is 2. The Morgan fingerprint density at radius 3 is 2.76 bits per heavy atom. The fourth-order valence-electron chi connectivity index (χ4n) is 1.36. The van der Waals surface area contributed by atoms with Crippen LogP contribution in [0.15, 0.2) is 24.3 Å². The summed E-state index contributed by atoms with van der Waals surface area (Å²) >= 11 is 7.29. The van der Waals surface area contributed by atoms with Crippen molar-refractivity contribution in [3.05, 3.63) is 44.7 Å². The first-order valence-corrected chi connectivity index (χ1v) is 6.26. The molecule has 3 nitrogen and oxygen atoms in total. The number of aromatic nitrogens is 1. The topological polar surface area (TPSA) is 42.0 Å². The second kappa shape index (κ2) is 4.85. The van der Waals surface area contributed by atoms with Crippen LogP contribution < -0.4 is 5.32 Å². The molecule has 0 saturated carbocycles. The van der Waals surface area contributed by atoms with E-state index in [0.29, 0.717) is 15.7 Å². The number of anilines is 1. The van der Waals surface area contributed by atoms with Gasteiger partial charge < -0.3 is 5.32 Å². The molecule has 0 atom stereocenters. The Balaban J connectivity index is 2.17. The molecule has 0 spiro atoms. The Morgan fingerprint density at radius 1 is 1.41 bits per heavy atom. The summed E-state index contributed by atoms with van der Waals surface area (Å²) in [5.41, 5.74) is 0.864. The van der Waals surface area contributed by atoms with Gasteiger partial charge in [-0.2, -0.15) is 0 Å². The molecule has 1 N–H and O–H groups in total. The van der Waals surface area contributed by atoms with Crippen LogP contribution in [-0.2, 0) is 0 Å². The molecule has 17 heavy (non-hydrogen) atoms. The molecule has 2 aromatic heterocycles. The van der Waals surface area contributed by atoms with Gasteiger partial charge in [0.2, 0.25) is 0 Å². The molecule has 0 fully saturated rings. The largest absolute Gasteiger partial charge is 0.306 e. The van der Waals surface area contributed by atoms with Gasteiger partial charge in [-0.25, -0.2) is 4.98 Å². The monoisotopic (exact) mass is 266 g/mol. The van der Waals surface area contributed by atoms with Gasteiger partial charge in [0.05, 0.1) is 9.90 Å². The van der Waals surface area contributed by atoms with E-state index >= 15 is 0 Å². The second-order valence-corrected chi connectivity index (χ2v) is 5.30. The molecule has 2 rings (SSSR count). The van der Waals surface area contributed by atoms with E-state index in [1.54, 1.807) is 12.1 Å². The van der Waals surface area contributed by atoms with Crippen LogP contribution in [0.4, 0.5) is 5.82 Å². The van der Waals surface area contributed by atoms with Gasteiger partial charge in [-0.1, -0.05) is 17.7 Å². The molecule has 0 radical (unpaired) electrons. The van der Waals surface area contributed by atoms with Crippen molar-refractivity contribution in [2.45, 2.75) is 13.8 Å². The Labute approximate surface area is 108 Å². The summed E-state index contributed by atoms with van der Waals surface area (Å²) in [5.74, 6) is 0.375. The summed E-state index contributed by atoms with van der Waals surface area (Å²) < 4.78 is 0. The Morgan fingerprint density at radius 2 is 2.18 bits per heavy atom. The van der Waals surface area contributed by atoms with Crippen molar-refractivity contribution in [2.75, 3.05) is 5.32 Å². The quantitative estimate of drug-likeness (QED) is 0.901. The van der Waals surface area contributed by atoms with Crippen LogP contribution in [0.2, 0.25) is 5.02 Å². The SMILES string of the molecule is Cc1cccc(NC(=O)c2cc(Cl)c(C)s2)n1. The molecular formula is C12H11ClN2OS. The van der Waals surface area contributed by atoms with Crippen LogP contribution in [0.1, 0.15) is 20.2 Å². The average molecular weight is 267 g/mol. The van der Waals surface area contributed by atoms with Gasteiger partial charge in [-0.05, 0) is 32.0 Å². The zero-order chi connectivity index (χ0) is 12.4. The summed E-state index contributed by atoms with van der Waals surface area (Å²) in [6.07, 6.45) is 0. The number of carbonyl (C=O) groups excluding carboxylic acids is 1. The number of nitrogens with zero attached hydrogens (tertiary/aromatic N) is 1. The smallest absolute Gasteiger partial charge is 0.266 e. The van der Waals surface area contributed by atoms with Crippen molar-refractivity contribution in [2.24, 2.45) is 0 Å². The number of nitrogens with one attached hydrogen (secondary N) is 1. The maximum Gasteiger partial charge on any atom is 0.266 e. The molecule has 2 heterocycles. The third-order valence-electron chi connectivity index (χ3n) is 2.21. The van der Waals surface area contributed by atoms with Crippen LogP contribution in [0.5, 0.6) is 0 Å². The first kappa shape index (κ1) is 12.1. The summed E-state index contributed by atoms with van der Waals surface area (Å²) in [5, 5.41) is 3.36. The molecule has 5 heteroatoms. The van der Waals surface area contributed by atoms with E-state index in [0.717, 1.165) is 10.6 Å². The Hall–Kier alpha value is -1.39. The number of carbonyl (C=O) groups is 1. The summed E-state index contributed by atoms with van der Waals surface area (Å²) in [4.78, 5) is 17.6. The van der Waals surface area contributed by atoms with Crippen LogP contribution in [0, 0.1) is 13.8 Å². The van der Waals surface area contributed by atoms with Crippen molar-refractivity contribution in [1.29, 1.82) is 0 Å². The molecule has 2 aromatic rings. The van der Waals surface area contributed by atoms with Gasteiger partial charge in [0, 0.05) is 10.6 Å². The molecule has 0 aromatic carbocycles. The molecular weight excluding hydrogens is 256 g/mol. The van der Waals surface area contributed by atoms with Gasteiger partial charge in [0.1, 0.15) is 5.82 Å². The van der Waals surface area contributed by atoms with Gasteiger partial charge in [-0.15, -0.1) is 11.3 Å². The minimum absolute atomic E-state index is 0.178. The van der Waals surface area contributed by atoms with Gasteiger partial charge in [0.15, 0.2) is 0 Å². The lowest BCUT2D eigenvalue weighted by atomic mass is 10.3. The van der Waals surface area contributed by atoms with Crippen LogP contribution in [0.3, 0.4) is 0 Å². The molecule has 0 aliphatic heterocycles. The van der Waals surface area contributed by atoms with E-state index in [1.807, 2.05) is 26.0 Å². The van der Waals surface area contributed by atoms with Crippen molar-refractivity contribution < 1.29 is 4.79 Å². The van der Waals surface area contributed by atoms with Gasteiger partial charge in [0.25, 0.3) is 5.91 Å². The predicted molar refractivity (Wildman–Crippen MR) is 71.0 cm³/mol. The predicted octanol–water partition coefficient (Wildman–Crippen LogP) is 3.67. The normalized spacial score (nSPS) is 10.3. The van der Waals surface area contributed by atoms with Crippen LogP contribution >= 0.6 is 22.9 Å². The van der Waals surface area contributed by atoms with Crippen molar-refractivity contribution in [3.63, 3.8) is 0 Å². The van der Waals surface area contributed by atoms with Crippen molar-refractivity contribution >= 4 is 34.7 Å². The first-order valence-electron chi connectivity index (χ1n) is 5.07. The zero-order valence-corrected chi connectivity index (χ0v) is 11.0. The highest BCUT2D eigenvalue weighted by Gasteiger charge is 2.11. The standard InChI is InChI=1S/C12H11ClN2OS/c1-7-4-3-5-11(14-7)15-12(16)10-6-9(13)8(2)17-10/h3-6H,1-2H3,(H,14,15,16). The molecule has 0 bridgehead atoms. The second-order valence-electron chi connectivity index (χ2n) is 3.63. The lowest BCUT2D eigenvalue weighted by Crippen LogP contribution is -2.11. The number of hydrogen-bond donors (Lipinski definition) is 1. The molecule has 0 saturated heterocycles. The molecule has 0 unspecified atom stereocenters. The number of thiophene rings is 1. The lowest BCUT2D eigenvalue weighted by Gasteiger charge is -2.02. The number of halogens is 1. The van der Waals surface area contributed by atoms with Crippen molar-refractivity contribution in [1.82, 2.24) is 4.98 Å². The van der Waals surface area contributed by atoms with E-state index in [2.05, 4.69) is 10.3 Å². The number of pyridine rings is 1. The number of hydrogen-bond acceptors (Lipinski definition) is 3. The molecule has 88 valence electrons. The maximum absolute atomic E-state index is 11.9. The highest BCUT2D eigenvalue weighted by Crippen LogP contribution is 2.26. The molecule has 0 aliphatic rings. The summed E-state index contributed by atoms with van der Waals surface area (Å²) in [7, 11) is 0. The van der Waals surface area contributed by atoms with Crippen LogP contribution in [-0.4, -0.2) is 10.9 Å². The Bertz CT molecular complexity index is 546. The minimum atomic E-state index is -0.178. The molecule has 0 aliphatic carbocycles. The van der Waals surface area contributed by atoms with E-state index < -0.39 is 0 Å². The fraction of sp³-hybridized carbons (Fsp3) is 0.167. The third-order valence-corrected chi connectivity index (χ3v) is 3.76. The maximum atomic E-state index is 11.9. The minimum Gasteiger partial charge on any atom is -0.306 e. The summed E-state index contributed by atoms with van der Waals surface area (Å²) in [6.45, 7) is 3.76. The van der Waals surface area contributed by atoms with E-state index in [-0.39, 0.29) is 5.91 Å². The first-order chi connectivity index (χ1) is 8.06. The van der Waals surface area contributed by atoms with Crippen molar-refractivity contribution in [3.8, 4) is 0 Å². The molecule has 1 amide bonds.